The number of nitrogens with two attached hydrogens (primary N) is 1. The number of carbonyl (C=O) groups excluding carboxylic acids is 1. The van der Waals surface area contributed by atoms with Crippen LogP contribution in [0.15, 0.2) is 36.4 Å². The first-order chi connectivity index (χ1) is 10.1. The van der Waals surface area contributed by atoms with Crippen molar-refractivity contribution in [1.29, 1.82) is 0 Å². The standard InChI is InChI=1S/C15H13N3O3/c16-8-2-4-11-3-1-5-14(17-11)18-15(21)10-6-7-12(19)13(20)9-10/h1,3,5-7,9,19-20H,8,16H2,(H,17,18,21). The van der Waals surface area contributed by atoms with Crippen LogP contribution in [0.2, 0.25) is 0 Å². The quantitative estimate of drug-likeness (QED) is 0.487. The molecule has 6 heteroatoms. The molecular formula is C15H13N3O3. The van der Waals surface area contributed by atoms with Crippen molar-refractivity contribution < 1.29 is 15.0 Å². The monoisotopic (exact) mass is 283 g/mol. The Morgan fingerprint density at radius 2 is 2.05 bits per heavy atom. The van der Waals surface area contributed by atoms with Crippen molar-refractivity contribution in [3.05, 3.63) is 47.7 Å². The topological polar surface area (TPSA) is 108 Å². The molecule has 0 unspecified atom stereocenters. The lowest BCUT2D eigenvalue weighted by Gasteiger charge is -2.05. The van der Waals surface area contributed by atoms with E-state index in [1.165, 1.54) is 18.2 Å². The lowest BCUT2D eigenvalue weighted by molar-refractivity contribution is 0.102. The van der Waals surface area contributed by atoms with Crippen LogP contribution in [0.4, 0.5) is 5.82 Å². The number of nitrogens with zero attached hydrogens (tertiary/aromatic N) is 1. The number of rotatable bonds is 2. The largest absolute Gasteiger partial charge is 0.504 e. The molecule has 106 valence electrons. The van der Waals surface area contributed by atoms with E-state index in [4.69, 9.17) is 5.73 Å². The van der Waals surface area contributed by atoms with E-state index >= 15 is 0 Å². The predicted octanol–water partition coefficient (Wildman–Crippen LogP) is 1.06. The number of pyridine rings is 1. The second-order valence-corrected chi connectivity index (χ2v) is 4.07. The SMILES string of the molecule is NCC#Cc1cccc(NC(=O)c2ccc(O)c(O)c2)n1. The summed E-state index contributed by atoms with van der Waals surface area (Å²) in [4.78, 5) is 16.1. The van der Waals surface area contributed by atoms with E-state index in [-0.39, 0.29) is 23.6 Å². The maximum absolute atomic E-state index is 12.0. The number of phenolic OH excluding ortho intramolecular Hbond substituents is 2. The van der Waals surface area contributed by atoms with Crippen molar-refractivity contribution in [3.8, 4) is 23.3 Å². The van der Waals surface area contributed by atoms with Gasteiger partial charge in [0.25, 0.3) is 5.91 Å². The zero-order chi connectivity index (χ0) is 15.2. The van der Waals surface area contributed by atoms with Crippen LogP contribution in [-0.2, 0) is 0 Å². The minimum Gasteiger partial charge on any atom is -0.504 e. The van der Waals surface area contributed by atoms with Crippen LogP contribution in [-0.4, -0.2) is 27.6 Å². The summed E-state index contributed by atoms with van der Waals surface area (Å²) < 4.78 is 0. The minimum atomic E-state index is -0.457. The Hall–Kier alpha value is -3.04. The average molecular weight is 283 g/mol. The van der Waals surface area contributed by atoms with Crippen LogP contribution in [0.25, 0.3) is 0 Å². The number of amides is 1. The van der Waals surface area contributed by atoms with E-state index < -0.39 is 5.91 Å². The second-order valence-electron chi connectivity index (χ2n) is 4.07. The van der Waals surface area contributed by atoms with E-state index in [0.717, 1.165) is 0 Å². The number of aromatic hydroxyl groups is 2. The highest BCUT2D eigenvalue weighted by atomic mass is 16.3. The van der Waals surface area contributed by atoms with Crippen LogP contribution in [0.5, 0.6) is 11.5 Å². The number of hydrogen-bond donors (Lipinski definition) is 4. The van der Waals surface area contributed by atoms with E-state index in [0.29, 0.717) is 11.5 Å². The first-order valence-electron chi connectivity index (χ1n) is 6.09. The van der Waals surface area contributed by atoms with E-state index in [1.54, 1.807) is 18.2 Å². The lowest BCUT2D eigenvalue weighted by Crippen LogP contribution is -2.13. The highest BCUT2D eigenvalue weighted by Crippen LogP contribution is 2.25. The molecule has 0 saturated carbocycles. The summed E-state index contributed by atoms with van der Waals surface area (Å²) in [6.07, 6.45) is 0. The van der Waals surface area contributed by atoms with Gasteiger partial charge < -0.3 is 21.3 Å². The number of hydrogen-bond acceptors (Lipinski definition) is 5. The maximum atomic E-state index is 12.0. The number of anilines is 1. The van der Waals surface area contributed by atoms with Gasteiger partial charge in [0.15, 0.2) is 11.5 Å². The van der Waals surface area contributed by atoms with Gasteiger partial charge >= 0.3 is 0 Å². The summed E-state index contributed by atoms with van der Waals surface area (Å²) in [5, 5.41) is 21.2. The third-order valence-electron chi connectivity index (χ3n) is 2.55. The average Bonchev–Trinajstić information content (AvgIpc) is 2.48. The fraction of sp³-hybridized carbons (Fsp3) is 0.0667. The molecule has 0 radical (unpaired) electrons. The smallest absolute Gasteiger partial charge is 0.256 e. The third kappa shape index (κ3) is 3.72. The number of phenols is 2. The Balaban J connectivity index is 2.17. The summed E-state index contributed by atoms with van der Waals surface area (Å²) in [7, 11) is 0. The van der Waals surface area contributed by atoms with Crippen LogP contribution in [0.3, 0.4) is 0 Å². The van der Waals surface area contributed by atoms with E-state index in [2.05, 4.69) is 22.1 Å². The maximum Gasteiger partial charge on any atom is 0.256 e. The molecule has 1 heterocycles. The van der Waals surface area contributed by atoms with E-state index in [9.17, 15) is 15.0 Å². The predicted molar refractivity (Wildman–Crippen MR) is 77.9 cm³/mol. The summed E-state index contributed by atoms with van der Waals surface area (Å²) in [6.45, 7) is 0.227. The summed E-state index contributed by atoms with van der Waals surface area (Å²) in [5.74, 6) is 4.66. The molecule has 0 spiro atoms. The van der Waals surface area contributed by atoms with Gasteiger partial charge in [-0.3, -0.25) is 4.79 Å². The first-order valence-corrected chi connectivity index (χ1v) is 6.09. The highest BCUT2D eigenvalue weighted by Gasteiger charge is 2.09. The van der Waals surface area contributed by atoms with Crippen LogP contribution in [0, 0.1) is 11.8 Å². The Kier molecular flexibility index (Phi) is 4.39. The van der Waals surface area contributed by atoms with Gasteiger partial charge in [0.2, 0.25) is 0 Å². The molecule has 0 aliphatic heterocycles. The zero-order valence-electron chi connectivity index (χ0n) is 11.0. The molecule has 2 aromatic rings. The van der Waals surface area contributed by atoms with Crippen LogP contribution in [0.1, 0.15) is 16.1 Å². The van der Waals surface area contributed by atoms with Gasteiger partial charge in [-0.15, -0.1) is 0 Å². The number of benzene rings is 1. The fourth-order valence-electron chi connectivity index (χ4n) is 1.57. The zero-order valence-corrected chi connectivity index (χ0v) is 11.0. The van der Waals surface area contributed by atoms with Crippen molar-refractivity contribution in [2.45, 2.75) is 0 Å². The Morgan fingerprint density at radius 3 is 2.76 bits per heavy atom. The summed E-state index contributed by atoms with van der Waals surface area (Å²) in [6, 6.07) is 8.82. The van der Waals surface area contributed by atoms with Crippen LogP contribution < -0.4 is 11.1 Å². The summed E-state index contributed by atoms with van der Waals surface area (Å²) in [5.41, 5.74) is 5.97. The molecule has 0 fully saturated rings. The molecule has 1 aromatic heterocycles. The molecule has 0 aliphatic rings. The van der Waals surface area contributed by atoms with Crippen LogP contribution >= 0.6 is 0 Å². The van der Waals surface area contributed by atoms with Gasteiger partial charge in [-0.1, -0.05) is 12.0 Å². The van der Waals surface area contributed by atoms with Crippen molar-refractivity contribution >= 4 is 11.7 Å². The van der Waals surface area contributed by atoms with Crippen molar-refractivity contribution in [1.82, 2.24) is 4.98 Å². The highest BCUT2D eigenvalue weighted by molar-refractivity contribution is 6.04. The third-order valence-corrected chi connectivity index (χ3v) is 2.55. The van der Waals surface area contributed by atoms with Gasteiger partial charge in [0.05, 0.1) is 6.54 Å². The number of nitrogens with one attached hydrogen (secondary N) is 1. The number of carbonyl (C=O) groups is 1. The molecule has 1 amide bonds. The van der Waals surface area contributed by atoms with Gasteiger partial charge in [-0.2, -0.15) is 0 Å². The van der Waals surface area contributed by atoms with Crippen molar-refractivity contribution in [3.63, 3.8) is 0 Å². The van der Waals surface area contributed by atoms with Gasteiger partial charge in [0.1, 0.15) is 11.5 Å². The van der Waals surface area contributed by atoms with Crippen molar-refractivity contribution in [2.75, 3.05) is 11.9 Å². The Bertz CT molecular complexity index is 732. The Morgan fingerprint density at radius 1 is 1.24 bits per heavy atom. The molecule has 0 aliphatic carbocycles. The first kappa shape index (κ1) is 14.4. The normalized spacial score (nSPS) is 9.57. The molecule has 0 saturated heterocycles. The number of aromatic nitrogens is 1. The molecule has 6 nitrogen and oxygen atoms in total. The van der Waals surface area contributed by atoms with E-state index in [1.807, 2.05) is 0 Å². The van der Waals surface area contributed by atoms with Gasteiger partial charge in [0, 0.05) is 5.56 Å². The molecule has 0 atom stereocenters. The minimum absolute atomic E-state index is 0.200. The Labute approximate surface area is 121 Å². The summed E-state index contributed by atoms with van der Waals surface area (Å²) >= 11 is 0. The molecular weight excluding hydrogens is 270 g/mol. The lowest BCUT2D eigenvalue weighted by atomic mass is 10.2. The van der Waals surface area contributed by atoms with Gasteiger partial charge in [-0.05, 0) is 36.3 Å². The molecule has 5 N–H and O–H groups in total. The second kappa shape index (κ2) is 6.41. The molecule has 21 heavy (non-hydrogen) atoms. The fourth-order valence-corrected chi connectivity index (χ4v) is 1.57. The molecule has 2 rings (SSSR count). The molecule has 0 bridgehead atoms. The molecule has 1 aromatic carbocycles. The van der Waals surface area contributed by atoms with Gasteiger partial charge in [-0.25, -0.2) is 4.98 Å². The van der Waals surface area contributed by atoms with Crippen molar-refractivity contribution in [2.24, 2.45) is 5.73 Å².